The number of nitrogens with one attached hydrogen (secondary N) is 1. The van der Waals surface area contributed by atoms with E-state index in [2.05, 4.69) is 283 Å². The third kappa shape index (κ3) is 7.22. The number of benzene rings is 10. The highest BCUT2D eigenvalue weighted by Crippen LogP contribution is 2.54. The molecule has 0 spiro atoms. The van der Waals surface area contributed by atoms with Gasteiger partial charge in [0, 0.05) is 55.5 Å². The SMILES string of the molecule is CC1(C)c2ccccc2-c2ccc(C3=NC(c4ccc(-c5ccccc5)cc4)=NC(c4ccc(-c5ccccc5)cc4N4c5cccc(-c6cccc7c6c6ccccc6n7-c6ccccc6)c5C5=CC=CCC54)N3)cc21. The minimum Gasteiger partial charge on any atom is -0.344 e. The van der Waals surface area contributed by atoms with Crippen molar-refractivity contribution in [2.45, 2.75) is 37.9 Å². The van der Waals surface area contributed by atoms with E-state index in [4.69, 9.17) is 9.98 Å². The molecular formula is C72H53N5. The number of amidine groups is 2. The van der Waals surface area contributed by atoms with Crippen molar-refractivity contribution in [3.8, 4) is 50.2 Å². The van der Waals surface area contributed by atoms with Crippen LogP contribution in [-0.2, 0) is 5.41 Å². The van der Waals surface area contributed by atoms with Crippen molar-refractivity contribution in [1.29, 1.82) is 0 Å². The van der Waals surface area contributed by atoms with Gasteiger partial charge < -0.3 is 14.8 Å². The predicted octanol–water partition coefficient (Wildman–Crippen LogP) is 17.4. The maximum absolute atomic E-state index is 5.64. The summed E-state index contributed by atoms with van der Waals surface area (Å²) in [5, 5.41) is 6.47. The highest BCUT2D eigenvalue weighted by atomic mass is 15.2. The Morgan fingerprint density at radius 2 is 1.12 bits per heavy atom. The molecule has 0 saturated heterocycles. The van der Waals surface area contributed by atoms with Gasteiger partial charge in [-0.3, -0.25) is 0 Å². The number of hydrogen-bond donors (Lipinski definition) is 1. The molecule has 0 bridgehead atoms. The maximum atomic E-state index is 5.64. The lowest BCUT2D eigenvalue weighted by Gasteiger charge is -2.33. The number of para-hydroxylation sites is 2. The van der Waals surface area contributed by atoms with E-state index in [0.717, 1.165) is 57.0 Å². The van der Waals surface area contributed by atoms with Gasteiger partial charge in [-0.25, -0.2) is 9.98 Å². The minimum atomic E-state index is -0.485. The Bertz CT molecular complexity index is 4290. The van der Waals surface area contributed by atoms with E-state index in [9.17, 15) is 0 Å². The first-order valence-corrected chi connectivity index (χ1v) is 26.9. The van der Waals surface area contributed by atoms with Gasteiger partial charge >= 0.3 is 0 Å². The molecular weight excluding hydrogens is 935 g/mol. The number of aromatic nitrogens is 1. The zero-order valence-corrected chi connectivity index (χ0v) is 42.9. The average Bonchev–Trinajstić information content (AvgIpc) is 4.26. The van der Waals surface area contributed by atoms with Gasteiger partial charge in [0.2, 0.25) is 0 Å². The predicted molar refractivity (Wildman–Crippen MR) is 321 cm³/mol. The molecule has 0 fully saturated rings. The molecule has 0 saturated carbocycles. The smallest absolute Gasteiger partial charge is 0.159 e. The number of rotatable bonds is 8. The molecule has 1 aromatic heterocycles. The van der Waals surface area contributed by atoms with Gasteiger partial charge in [-0.05, 0) is 110 Å². The van der Waals surface area contributed by atoms with Crippen molar-refractivity contribution < 1.29 is 0 Å². The van der Waals surface area contributed by atoms with Crippen LogP contribution in [-0.4, -0.2) is 22.3 Å². The first-order chi connectivity index (χ1) is 38.0. The normalized spacial score (nSPS) is 16.8. The summed E-state index contributed by atoms with van der Waals surface area (Å²) >= 11 is 0. The first-order valence-electron chi connectivity index (χ1n) is 26.9. The fraction of sp³-hybridized carbons (Fsp3) is 0.0833. The Kier molecular flexibility index (Phi) is 10.4. The second kappa shape index (κ2) is 17.8. The van der Waals surface area contributed by atoms with E-state index in [1.807, 2.05) is 0 Å². The third-order valence-electron chi connectivity index (χ3n) is 16.6. The summed E-state index contributed by atoms with van der Waals surface area (Å²) in [6.07, 6.45) is 7.31. The number of hydrogen-bond acceptors (Lipinski definition) is 4. The number of nitrogens with zero attached hydrogens (tertiary/aromatic N) is 4. The number of fused-ring (bicyclic) bond motifs is 9. The van der Waals surface area contributed by atoms with Crippen LogP contribution >= 0.6 is 0 Å². The number of anilines is 2. The molecule has 2 atom stereocenters. The molecule has 0 amide bonds. The van der Waals surface area contributed by atoms with Crippen molar-refractivity contribution in [3.05, 3.63) is 288 Å². The lowest BCUT2D eigenvalue weighted by atomic mass is 9.82. The quantitative estimate of drug-likeness (QED) is 0.165. The van der Waals surface area contributed by atoms with Crippen LogP contribution in [0, 0.1) is 0 Å². The van der Waals surface area contributed by atoms with Crippen molar-refractivity contribution >= 4 is 50.4 Å². The summed E-state index contributed by atoms with van der Waals surface area (Å²) in [6, 6.07) is 86.2. The Balaban J connectivity index is 0.918. The molecule has 366 valence electrons. The fourth-order valence-corrected chi connectivity index (χ4v) is 12.9. The maximum Gasteiger partial charge on any atom is 0.159 e. The van der Waals surface area contributed by atoms with Crippen LogP contribution in [0.15, 0.2) is 265 Å². The molecule has 2 aliphatic heterocycles. The summed E-state index contributed by atoms with van der Waals surface area (Å²) in [7, 11) is 0. The molecule has 1 N–H and O–H groups in total. The van der Waals surface area contributed by atoms with E-state index in [1.165, 1.54) is 77.6 Å². The van der Waals surface area contributed by atoms with Crippen molar-refractivity contribution in [2.24, 2.45) is 9.98 Å². The molecule has 5 heteroatoms. The van der Waals surface area contributed by atoms with Crippen LogP contribution in [0.25, 0.3) is 77.6 Å². The molecule has 4 aliphatic rings. The summed E-state index contributed by atoms with van der Waals surface area (Å²) in [5.74, 6) is 1.49. The van der Waals surface area contributed by atoms with Crippen LogP contribution in [0.1, 0.15) is 59.8 Å². The second-order valence-electron chi connectivity index (χ2n) is 21.2. The summed E-state index contributed by atoms with van der Waals surface area (Å²) in [6.45, 7) is 4.68. The molecule has 0 radical (unpaired) electrons. The van der Waals surface area contributed by atoms with Gasteiger partial charge in [-0.1, -0.05) is 226 Å². The lowest BCUT2D eigenvalue weighted by molar-refractivity contribution is 0.658. The molecule has 15 rings (SSSR count). The highest BCUT2D eigenvalue weighted by molar-refractivity contribution is 6.18. The van der Waals surface area contributed by atoms with Crippen molar-refractivity contribution in [1.82, 2.24) is 9.88 Å². The van der Waals surface area contributed by atoms with Gasteiger partial charge in [0.05, 0.1) is 17.1 Å². The highest BCUT2D eigenvalue weighted by Gasteiger charge is 2.40. The van der Waals surface area contributed by atoms with E-state index >= 15 is 0 Å². The molecule has 3 heterocycles. The monoisotopic (exact) mass is 987 g/mol. The fourth-order valence-electron chi connectivity index (χ4n) is 12.9. The summed E-state index contributed by atoms with van der Waals surface area (Å²) < 4.78 is 2.42. The van der Waals surface area contributed by atoms with Crippen LogP contribution in [0.4, 0.5) is 11.4 Å². The standard InChI is InChI=1S/C72H53N5/c1-72(2)60-31-15-12-26-53(60)54-42-41-51(44-61(54)72)70-73-69(49-38-36-48(37-39-49)46-20-6-3-7-21-46)74-71(75-70)59-43-40-50(47-22-8-4-9-23-47)45-66(59)77-63-33-17-14-28-58(63)68-56(30-19-35-65(68)77)55-29-18-34-64-67(55)57-27-13-16-32-62(57)76(64)52-24-10-5-11-25-52/h3-32,34-45,63,71H,33H2,1-2H3,(H,73,74,75). The Labute approximate surface area is 449 Å². The molecule has 2 aliphatic carbocycles. The number of allylic oxidation sites excluding steroid dienone is 2. The lowest BCUT2D eigenvalue weighted by Crippen LogP contribution is -2.35. The van der Waals surface area contributed by atoms with Crippen molar-refractivity contribution in [2.75, 3.05) is 4.90 Å². The molecule has 10 aromatic carbocycles. The zero-order chi connectivity index (χ0) is 51.2. The van der Waals surface area contributed by atoms with Crippen LogP contribution in [0.3, 0.4) is 0 Å². The van der Waals surface area contributed by atoms with E-state index in [0.29, 0.717) is 5.84 Å². The minimum absolute atomic E-state index is 0.0390. The zero-order valence-electron chi connectivity index (χ0n) is 42.9. The van der Waals surface area contributed by atoms with E-state index < -0.39 is 6.17 Å². The summed E-state index contributed by atoms with van der Waals surface area (Å²) in [5.41, 5.74) is 23.6. The van der Waals surface area contributed by atoms with Crippen LogP contribution < -0.4 is 10.2 Å². The van der Waals surface area contributed by atoms with E-state index in [-0.39, 0.29) is 11.5 Å². The third-order valence-corrected chi connectivity index (χ3v) is 16.6. The Morgan fingerprint density at radius 3 is 1.94 bits per heavy atom. The largest absolute Gasteiger partial charge is 0.344 e. The van der Waals surface area contributed by atoms with Crippen LogP contribution in [0.2, 0.25) is 0 Å². The van der Waals surface area contributed by atoms with Crippen LogP contribution in [0.5, 0.6) is 0 Å². The molecule has 11 aromatic rings. The van der Waals surface area contributed by atoms with Gasteiger partial charge in [-0.15, -0.1) is 0 Å². The molecule has 2 unspecified atom stereocenters. The first kappa shape index (κ1) is 44.9. The van der Waals surface area contributed by atoms with Gasteiger partial charge in [0.25, 0.3) is 0 Å². The second-order valence-corrected chi connectivity index (χ2v) is 21.2. The van der Waals surface area contributed by atoms with E-state index in [1.54, 1.807) is 0 Å². The van der Waals surface area contributed by atoms with Gasteiger partial charge in [0.15, 0.2) is 5.84 Å². The number of aliphatic imine (C=N–C) groups is 2. The van der Waals surface area contributed by atoms with Gasteiger partial charge in [0.1, 0.15) is 12.0 Å². The Morgan fingerprint density at radius 1 is 0.494 bits per heavy atom. The Hall–Kier alpha value is -9.58. The van der Waals surface area contributed by atoms with Crippen molar-refractivity contribution in [3.63, 3.8) is 0 Å². The molecule has 5 nitrogen and oxygen atoms in total. The summed E-state index contributed by atoms with van der Waals surface area (Å²) in [4.78, 5) is 13.7. The average molecular weight is 988 g/mol. The topological polar surface area (TPSA) is 44.9 Å². The van der Waals surface area contributed by atoms with Gasteiger partial charge in [-0.2, -0.15) is 0 Å². The molecule has 77 heavy (non-hydrogen) atoms.